The number of sulfonamides is 1. The molecule has 140 valence electrons. The van der Waals surface area contributed by atoms with E-state index < -0.39 is 10.0 Å². The second-order valence-corrected chi connectivity index (χ2v) is 7.22. The van der Waals surface area contributed by atoms with Gasteiger partial charge in [-0.2, -0.15) is 4.98 Å². The van der Waals surface area contributed by atoms with Crippen LogP contribution in [0.15, 0.2) is 71.6 Å². The van der Waals surface area contributed by atoms with Crippen molar-refractivity contribution in [1.82, 2.24) is 9.97 Å². The van der Waals surface area contributed by atoms with Crippen LogP contribution in [0.4, 0.5) is 5.95 Å². The molecule has 0 aliphatic heterocycles. The fraction of sp³-hybridized carbons (Fsp3) is 0.158. The molecule has 0 amide bonds. The second kappa shape index (κ2) is 8.61. The van der Waals surface area contributed by atoms with Crippen LogP contribution in [0.1, 0.15) is 0 Å². The summed E-state index contributed by atoms with van der Waals surface area (Å²) in [6.07, 6.45) is 0. The van der Waals surface area contributed by atoms with Gasteiger partial charge in [0, 0.05) is 18.7 Å². The van der Waals surface area contributed by atoms with Gasteiger partial charge in [0.25, 0.3) is 10.0 Å². The largest absolute Gasteiger partial charge is 0.475 e. The minimum absolute atomic E-state index is 0.0624. The van der Waals surface area contributed by atoms with Crippen molar-refractivity contribution in [2.75, 3.05) is 25.0 Å². The molecule has 0 spiro atoms. The number of ether oxygens (including phenoxy) is 2. The summed E-state index contributed by atoms with van der Waals surface area (Å²) in [5.74, 6) is 0.194. The van der Waals surface area contributed by atoms with E-state index in [1.54, 1.807) is 31.4 Å². The molecule has 7 nitrogen and oxygen atoms in total. The van der Waals surface area contributed by atoms with Crippen molar-refractivity contribution < 1.29 is 17.9 Å². The van der Waals surface area contributed by atoms with Gasteiger partial charge in [-0.1, -0.05) is 48.5 Å². The Morgan fingerprint density at radius 1 is 0.926 bits per heavy atom. The minimum atomic E-state index is -3.81. The Kier molecular flexibility index (Phi) is 6.00. The summed E-state index contributed by atoms with van der Waals surface area (Å²) in [4.78, 5) is 8.62. The first-order valence-electron chi connectivity index (χ1n) is 8.22. The lowest BCUT2D eigenvalue weighted by molar-refractivity contribution is 0.144. The van der Waals surface area contributed by atoms with Gasteiger partial charge in [-0.05, 0) is 12.1 Å². The Labute approximate surface area is 158 Å². The standard InChI is InChI=1S/C19H19N3O4S/c1-25-12-13-26-18-14-17(15-8-4-2-5-9-15)20-19(21-18)22-27(23,24)16-10-6-3-7-11-16/h2-11,14H,12-13H2,1H3,(H,20,21,22). The fourth-order valence-electron chi connectivity index (χ4n) is 2.31. The number of hydrogen-bond acceptors (Lipinski definition) is 6. The highest BCUT2D eigenvalue weighted by molar-refractivity contribution is 7.92. The summed E-state index contributed by atoms with van der Waals surface area (Å²) in [5.41, 5.74) is 1.36. The zero-order valence-electron chi connectivity index (χ0n) is 14.7. The van der Waals surface area contributed by atoms with E-state index in [4.69, 9.17) is 9.47 Å². The molecule has 1 heterocycles. The molecule has 0 aliphatic rings. The lowest BCUT2D eigenvalue weighted by Crippen LogP contribution is -2.16. The molecule has 1 aromatic heterocycles. The van der Waals surface area contributed by atoms with Gasteiger partial charge in [0.1, 0.15) is 6.61 Å². The maximum atomic E-state index is 12.6. The van der Waals surface area contributed by atoms with E-state index in [1.165, 1.54) is 12.1 Å². The van der Waals surface area contributed by atoms with Gasteiger partial charge in [-0.15, -0.1) is 0 Å². The molecule has 3 rings (SSSR count). The van der Waals surface area contributed by atoms with Crippen LogP contribution in [0.25, 0.3) is 11.3 Å². The van der Waals surface area contributed by atoms with Crippen molar-refractivity contribution in [3.05, 3.63) is 66.7 Å². The Morgan fingerprint density at radius 2 is 1.59 bits per heavy atom. The van der Waals surface area contributed by atoms with Gasteiger partial charge in [0.2, 0.25) is 11.8 Å². The Bertz CT molecular complexity index is 980. The summed E-state index contributed by atoms with van der Waals surface area (Å²) in [6, 6.07) is 19.1. The first-order chi connectivity index (χ1) is 13.1. The van der Waals surface area contributed by atoms with Crippen LogP contribution in [0.3, 0.4) is 0 Å². The summed E-state index contributed by atoms with van der Waals surface area (Å²) < 4.78 is 38.1. The normalized spacial score (nSPS) is 11.1. The number of hydrogen-bond donors (Lipinski definition) is 1. The average molecular weight is 385 g/mol. The van der Waals surface area contributed by atoms with Gasteiger partial charge < -0.3 is 9.47 Å². The predicted molar refractivity (Wildman–Crippen MR) is 102 cm³/mol. The zero-order valence-corrected chi connectivity index (χ0v) is 15.5. The lowest BCUT2D eigenvalue weighted by Gasteiger charge is -2.11. The molecule has 0 aliphatic carbocycles. The molecule has 3 aromatic rings. The number of anilines is 1. The number of nitrogens with zero attached hydrogens (tertiary/aromatic N) is 2. The Balaban J connectivity index is 1.95. The monoisotopic (exact) mass is 385 g/mol. The first-order valence-corrected chi connectivity index (χ1v) is 9.71. The minimum Gasteiger partial charge on any atom is -0.475 e. The lowest BCUT2D eigenvalue weighted by atomic mass is 10.1. The summed E-state index contributed by atoms with van der Waals surface area (Å²) in [6.45, 7) is 0.669. The van der Waals surface area contributed by atoms with Crippen molar-refractivity contribution in [1.29, 1.82) is 0 Å². The maximum absolute atomic E-state index is 12.6. The van der Waals surface area contributed by atoms with Gasteiger partial charge in [-0.3, -0.25) is 0 Å². The molecule has 0 fully saturated rings. The molecule has 0 unspecified atom stereocenters. The second-order valence-electron chi connectivity index (χ2n) is 5.54. The van der Waals surface area contributed by atoms with E-state index in [1.807, 2.05) is 30.3 Å². The van der Waals surface area contributed by atoms with E-state index in [0.29, 0.717) is 12.3 Å². The molecule has 1 N–H and O–H groups in total. The number of benzene rings is 2. The van der Waals surface area contributed by atoms with Crippen LogP contribution in [0, 0.1) is 0 Å². The van der Waals surface area contributed by atoms with Crippen LogP contribution in [-0.2, 0) is 14.8 Å². The van der Waals surface area contributed by atoms with E-state index in [9.17, 15) is 8.42 Å². The molecular weight excluding hydrogens is 366 g/mol. The van der Waals surface area contributed by atoms with Gasteiger partial charge in [0.05, 0.1) is 17.2 Å². The SMILES string of the molecule is COCCOc1cc(-c2ccccc2)nc(NS(=O)(=O)c2ccccc2)n1. The molecule has 2 aromatic carbocycles. The van der Waals surface area contributed by atoms with E-state index in [-0.39, 0.29) is 23.3 Å². The Hall–Kier alpha value is -2.97. The van der Waals surface area contributed by atoms with Crippen LogP contribution >= 0.6 is 0 Å². The van der Waals surface area contributed by atoms with Crippen LogP contribution < -0.4 is 9.46 Å². The van der Waals surface area contributed by atoms with Crippen molar-refractivity contribution in [3.8, 4) is 17.1 Å². The predicted octanol–water partition coefficient (Wildman–Crippen LogP) is 2.97. The fourth-order valence-corrected chi connectivity index (χ4v) is 3.27. The highest BCUT2D eigenvalue weighted by atomic mass is 32.2. The summed E-state index contributed by atoms with van der Waals surface area (Å²) in [5, 5.41) is 0. The highest BCUT2D eigenvalue weighted by Gasteiger charge is 2.17. The average Bonchev–Trinajstić information content (AvgIpc) is 2.69. The van der Waals surface area contributed by atoms with Crippen LogP contribution in [-0.4, -0.2) is 38.7 Å². The summed E-state index contributed by atoms with van der Waals surface area (Å²) in [7, 11) is -2.24. The van der Waals surface area contributed by atoms with Crippen LogP contribution in [0.5, 0.6) is 5.88 Å². The van der Waals surface area contributed by atoms with Gasteiger partial charge in [-0.25, -0.2) is 18.1 Å². The Morgan fingerprint density at radius 3 is 2.26 bits per heavy atom. The molecule has 0 atom stereocenters. The first kappa shape index (κ1) is 18.8. The van der Waals surface area contributed by atoms with E-state index >= 15 is 0 Å². The zero-order chi connectivity index (χ0) is 19.1. The molecule has 27 heavy (non-hydrogen) atoms. The van der Waals surface area contributed by atoms with Crippen molar-refractivity contribution in [2.24, 2.45) is 0 Å². The van der Waals surface area contributed by atoms with Crippen molar-refractivity contribution in [3.63, 3.8) is 0 Å². The van der Waals surface area contributed by atoms with Crippen molar-refractivity contribution >= 4 is 16.0 Å². The number of rotatable bonds is 8. The van der Waals surface area contributed by atoms with E-state index in [2.05, 4.69) is 14.7 Å². The highest BCUT2D eigenvalue weighted by Crippen LogP contribution is 2.23. The molecule has 0 radical (unpaired) electrons. The molecule has 8 heteroatoms. The molecule has 0 saturated heterocycles. The third-order valence-corrected chi connectivity index (χ3v) is 4.93. The van der Waals surface area contributed by atoms with Gasteiger partial charge in [0.15, 0.2) is 0 Å². The van der Waals surface area contributed by atoms with Gasteiger partial charge >= 0.3 is 0 Å². The third kappa shape index (κ3) is 5.02. The molecular formula is C19H19N3O4S. The third-order valence-electron chi connectivity index (χ3n) is 3.59. The summed E-state index contributed by atoms with van der Waals surface area (Å²) >= 11 is 0. The smallest absolute Gasteiger partial charge is 0.264 e. The molecule has 0 saturated carbocycles. The molecule has 0 bridgehead atoms. The van der Waals surface area contributed by atoms with Crippen LogP contribution in [0.2, 0.25) is 0 Å². The number of methoxy groups -OCH3 is 1. The topological polar surface area (TPSA) is 90.4 Å². The van der Waals surface area contributed by atoms with Crippen molar-refractivity contribution in [2.45, 2.75) is 4.90 Å². The quantitative estimate of drug-likeness (QED) is 0.600. The maximum Gasteiger partial charge on any atom is 0.264 e. The van der Waals surface area contributed by atoms with E-state index in [0.717, 1.165) is 5.56 Å². The number of aromatic nitrogens is 2. The number of nitrogens with one attached hydrogen (secondary N) is 1.